The zero-order valence-corrected chi connectivity index (χ0v) is 18.3. The van der Waals surface area contributed by atoms with Crippen LogP contribution in [-0.4, -0.2) is 57.4 Å². The van der Waals surface area contributed by atoms with E-state index in [0.717, 1.165) is 75.4 Å². The van der Waals surface area contributed by atoms with Crippen LogP contribution in [0.2, 0.25) is 0 Å². The quantitative estimate of drug-likeness (QED) is 0.682. The molecule has 2 aromatic heterocycles. The number of hydrogen-bond donors (Lipinski definition) is 1. The number of aliphatic hydroxyl groups is 1. The summed E-state index contributed by atoms with van der Waals surface area (Å²) in [5.41, 5.74) is 2.36. The molecule has 0 bridgehead atoms. The molecule has 1 aromatic carbocycles. The average Bonchev–Trinajstić information content (AvgIpc) is 3.23. The molecule has 0 spiro atoms. The van der Waals surface area contributed by atoms with E-state index in [0.29, 0.717) is 12.0 Å². The van der Waals surface area contributed by atoms with Gasteiger partial charge in [0.25, 0.3) is 0 Å². The van der Waals surface area contributed by atoms with Gasteiger partial charge in [-0.3, -0.25) is 0 Å². The fourth-order valence-electron chi connectivity index (χ4n) is 5.21. The molecule has 31 heavy (non-hydrogen) atoms. The summed E-state index contributed by atoms with van der Waals surface area (Å²) in [7, 11) is 0. The van der Waals surface area contributed by atoms with Crippen molar-refractivity contribution in [2.75, 3.05) is 42.6 Å². The van der Waals surface area contributed by atoms with Crippen molar-refractivity contribution in [2.24, 2.45) is 5.92 Å². The summed E-state index contributed by atoms with van der Waals surface area (Å²) in [6.45, 7) is 6.29. The highest BCUT2D eigenvalue weighted by Crippen LogP contribution is 2.31. The third kappa shape index (κ3) is 3.99. The van der Waals surface area contributed by atoms with Crippen molar-refractivity contribution in [3.63, 3.8) is 0 Å². The Hall–Kier alpha value is -2.67. The van der Waals surface area contributed by atoms with Gasteiger partial charge in [-0.1, -0.05) is 19.1 Å². The number of imidazole rings is 1. The number of fused-ring (bicyclic) bond motifs is 1. The van der Waals surface area contributed by atoms with Crippen LogP contribution in [0.15, 0.2) is 36.7 Å². The van der Waals surface area contributed by atoms with Gasteiger partial charge in [-0.25, -0.2) is 15.0 Å². The highest BCUT2D eigenvalue weighted by molar-refractivity contribution is 5.76. The molecule has 3 aromatic rings. The van der Waals surface area contributed by atoms with Crippen LogP contribution in [0.4, 0.5) is 11.6 Å². The van der Waals surface area contributed by atoms with Crippen molar-refractivity contribution in [1.82, 2.24) is 19.5 Å². The monoisotopic (exact) mass is 420 g/mol. The summed E-state index contributed by atoms with van der Waals surface area (Å²) in [6.07, 6.45) is 7.02. The number of nitrogens with zero attached hydrogens (tertiary/aromatic N) is 6. The number of aliphatic hydroxyl groups excluding tert-OH is 1. The van der Waals surface area contributed by atoms with E-state index in [2.05, 4.69) is 61.6 Å². The van der Waals surface area contributed by atoms with Gasteiger partial charge in [0.05, 0.1) is 11.0 Å². The first kappa shape index (κ1) is 20.2. The van der Waals surface area contributed by atoms with Gasteiger partial charge in [-0.05, 0) is 43.7 Å². The number of hydrogen-bond acceptors (Lipinski definition) is 6. The summed E-state index contributed by atoms with van der Waals surface area (Å²) in [6, 6.07) is 11.1. The van der Waals surface area contributed by atoms with E-state index in [1.807, 2.05) is 0 Å². The number of benzene rings is 1. The van der Waals surface area contributed by atoms with E-state index < -0.39 is 0 Å². The molecule has 7 heteroatoms. The molecule has 1 unspecified atom stereocenters. The maximum Gasteiger partial charge on any atom is 0.134 e. The summed E-state index contributed by atoms with van der Waals surface area (Å²) in [5, 5.41) is 9.55. The highest BCUT2D eigenvalue weighted by atomic mass is 16.3. The Bertz CT molecular complexity index is 1030. The molecule has 0 radical (unpaired) electrons. The summed E-state index contributed by atoms with van der Waals surface area (Å²) < 4.78 is 2.47. The number of piperidine rings is 2. The Balaban J connectivity index is 1.30. The second-order valence-electron chi connectivity index (χ2n) is 8.83. The summed E-state index contributed by atoms with van der Waals surface area (Å²) >= 11 is 0. The Morgan fingerprint density at radius 3 is 2.55 bits per heavy atom. The van der Waals surface area contributed by atoms with E-state index in [9.17, 15) is 5.11 Å². The second kappa shape index (κ2) is 8.83. The molecule has 5 rings (SSSR count). The predicted octanol–water partition coefficient (Wildman–Crippen LogP) is 3.44. The van der Waals surface area contributed by atoms with E-state index in [1.165, 1.54) is 11.3 Å². The molecule has 2 fully saturated rings. The Kier molecular flexibility index (Phi) is 5.76. The molecule has 2 aliphatic heterocycles. The van der Waals surface area contributed by atoms with Crippen LogP contribution in [0.3, 0.4) is 0 Å². The van der Waals surface area contributed by atoms with Crippen molar-refractivity contribution in [3.05, 3.63) is 42.5 Å². The molecule has 2 aliphatic rings. The van der Waals surface area contributed by atoms with Crippen molar-refractivity contribution >= 4 is 22.7 Å². The molecule has 2 saturated heterocycles. The Labute approximate surface area is 183 Å². The predicted molar refractivity (Wildman–Crippen MR) is 124 cm³/mol. The molecule has 0 saturated carbocycles. The fourth-order valence-corrected chi connectivity index (χ4v) is 5.21. The third-order valence-corrected chi connectivity index (χ3v) is 6.88. The smallest absolute Gasteiger partial charge is 0.134 e. The molecule has 0 amide bonds. The van der Waals surface area contributed by atoms with Gasteiger partial charge in [0.15, 0.2) is 0 Å². The normalized spacial score (nSPS) is 20.5. The first-order valence-electron chi connectivity index (χ1n) is 11.7. The molecule has 1 atom stereocenters. The van der Waals surface area contributed by atoms with Crippen LogP contribution >= 0.6 is 0 Å². The van der Waals surface area contributed by atoms with Gasteiger partial charge < -0.3 is 19.5 Å². The van der Waals surface area contributed by atoms with Crippen molar-refractivity contribution in [1.29, 1.82) is 0 Å². The Morgan fingerprint density at radius 1 is 1.00 bits per heavy atom. The lowest BCUT2D eigenvalue weighted by Gasteiger charge is -2.35. The second-order valence-corrected chi connectivity index (χ2v) is 8.83. The first-order chi connectivity index (χ1) is 15.3. The van der Waals surface area contributed by atoms with Crippen LogP contribution in [0.5, 0.6) is 0 Å². The zero-order chi connectivity index (χ0) is 21.2. The molecule has 0 aliphatic carbocycles. The van der Waals surface area contributed by atoms with E-state index in [1.54, 1.807) is 6.33 Å². The summed E-state index contributed by atoms with van der Waals surface area (Å²) in [4.78, 5) is 18.7. The lowest BCUT2D eigenvalue weighted by molar-refractivity contribution is 0.208. The fraction of sp³-hybridized carbons (Fsp3) is 0.542. The van der Waals surface area contributed by atoms with Gasteiger partial charge >= 0.3 is 0 Å². The van der Waals surface area contributed by atoms with E-state index in [-0.39, 0.29) is 6.61 Å². The van der Waals surface area contributed by atoms with Gasteiger partial charge in [-0.2, -0.15) is 0 Å². The van der Waals surface area contributed by atoms with Crippen LogP contribution in [0.1, 0.15) is 44.5 Å². The van der Waals surface area contributed by atoms with Gasteiger partial charge in [0, 0.05) is 51.3 Å². The van der Waals surface area contributed by atoms with E-state index >= 15 is 0 Å². The maximum absolute atomic E-state index is 9.55. The number of rotatable bonds is 5. The van der Waals surface area contributed by atoms with E-state index in [4.69, 9.17) is 4.98 Å². The maximum atomic E-state index is 9.55. The minimum Gasteiger partial charge on any atom is -0.396 e. The van der Waals surface area contributed by atoms with Crippen LogP contribution < -0.4 is 9.80 Å². The SMILES string of the molecule is CCc1nc2ccccc2n1C1CCN(c2cc(N3CCCC(CO)C3)ncn2)CC1. The average molecular weight is 421 g/mol. The Morgan fingerprint density at radius 2 is 1.77 bits per heavy atom. The van der Waals surface area contributed by atoms with Gasteiger partial charge in [-0.15, -0.1) is 0 Å². The van der Waals surface area contributed by atoms with Crippen molar-refractivity contribution in [3.8, 4) is 0 Å². The largest absolute Gasteiger partial charge is 0.396 e. The van der Waals surface area contributed by atoms with Crippen LogP contribution in [-0.2, 0) is 6.42 Å². The lowest BCUT2D eigenvalue weighted by atomic mass is 9.99. The molecule has 7 nitrogen and oxygen atoms in total. The number of aromatic nitrogens is 4. The van der Waals surface area contributed by atoms with Crippen LogP contribution in [0, 0.1) is 5.92 Å². The number of anilines is 2. The zero-order valence-electron chi connectivity index (χ0n) is 18.3. The van der Waals surface area contributed by atoms with Crippen molar-refractivity contribution in [2.45, 2.75) is 45.1 Å². The minimum absolute atomic E-state index is 0.255. The molecular formula is C24H32N6O. The van der Waals surface area contributed by atoms with Crippen LogP contribution in [0.25, 0.3) is 11.0 Å². The third-order valence-electron chi connectivity index (χ3n) is 6.88. The van der Waals surface area contributed by atoms with Gasteiger partial charge in [0.2, 0.25) is 0 Å². The molecular weight excluding hydrogens is 388 g/mol. The topological polar surface area (TPSA) is 70.3 Å². The molecule has 1 N–H and O–H groups in total. The number of para-hydroxylation sites is 2. The first-order valence-corrected chi connectivity index (χ1v) is 11.7. The van der Waals surface area contributed by atoms with Gasteiger partial charge in [0.1, 0.15) is 23.8 Å². The van der Waals surface area contributed by atoms with Crippen molar-refractivity contribution < 1.29 is 5.11 Å². The standard InChI is InChI=1S/C24H32N6O/c1-2-22-27-20-7-3-4-8-21(20)30(22)19-9-12-28(13-10-19)23-14-24(26-17-25-23)29-11-5-6-18(15-29)16-31/h3-4,7-8,14,17-19,31H,2,5-6,9-13,15-16H2,1H3. The lowest BCUT2D eigenvalue weighted by Crippen LogP contribution is -2.38. The highest BCUT2D eigenvalue weighted by Gasteiger charge is 2.26. The minimum atomic E-state index is 0.255. The molecule has 164 valence electrons. The molecule has 4 heterocycles. The summed E-state index contributed by atoms with van der Waals surface area (Å²) in [5.74, 6) is 3.54. The number of aryl methyl sites for hydroxylation is 1.